The lowest BCUT2D eigenvalue weighted by Gasteiger charge is -2.00. The number of nitrogens with zero attached hydrogens (tertiary/aromatic N) is 2. The maximum atomic E-state index is 5.44. The highest BCUT2D eigenvalue weighted by atomic mass is 32.2. The van der Waals surface area contributed by atoms with Crippen LogP contribution in [0.25, 0.3) is 10.2 Å². The zero-order chi connectivity index (χ0) is 10.7. The average molecular weight is 255 g/mol. The molecular formula is C9H9N3S3. The van der Waals surface area contributed by atoms with E-state index in [4.69, 9.17) is 18.0 Å². The van der Waals surface area contributed by atoms with Crippen LogP contribution in [0.2, 0.25) is 0 Å². The molecule has 6 heteroatoms. The van der Waals surface area contributed by atoms with Crippen molar-refractivity contribution in [3.05, 3.63) is 17.8 Å². The number of rotatable bonds is 4. The van der Waals surface area contributed by atoms with E-state index in [1.54, 1.807) is 29.4 Å². The van der Waals surface area contributed by atoms with Gasteiger partial charge in [0.25, 0.3) is 0 Å². The highest BCUT2D eigenvalue weighted by Crippen LogP contribution is 2.27. The lowest BCUT2D eigenvalue weighted by Crippen LogP contribution is -2.08. The summed E-state index contributed by atoms with van der Waals surface area (Å²) < 4.78 is 0. The number of nitrogens with two attached hydrogens (primary N) is 1. The zero-order valence-corrected chi connectivity index (χ0v) is 10.3. The van der Waals surface area contributed by atoms with Gasteiger partial charge in [-0.15, -0.1) is 23.1 Å². The van der Waals surface area contributed by atoms with Gasteiger partial charge in [0.2, 0.25) is 0 Å². The molecule has 2 rings (SSSR count). The van der Waals surface area contributed by atoms with Crippen LogP contribution in [0.4, 0.5) is 0 Å². The van der Waals surface area contributed by atoms with Crippen LogP contribution in [0.1, 0.15) is 6.42 Å². The molecule has 15 heavy (non-hydrogen) atoms. The summed E-state index contributed by atoms with van der Waals surface area (Å²) in [4.78, 5) is 10.0. The van der Waals surface area contributed by atoms with Crippen LogP contribution in [0.5, 0.6) is 0 Å². The summed E-state index contributed by atoms with van der Waals surface area (Å²) in [6.45, 7) is 0. The molecule has 0 amide bonds. The van der Waals surface area contributed by atoms with Gasteiger partial charge in [-0.25, -0.2) is 9.97 Å². The normalized spacial score (nSPS) is 10.7. The molecule has 0 bridgehead atoms. The average Bonchev–Trinajstić information content (AvgIpc) is 2.65. The van der Waals surface area contributed by atoms with Gasteiger partial charge < -0.3 is 5.73 Å². The Hall–Kier alpha value is -0.720. The van der Waals surface area contributed by atoms with E-state index >= 15 is 0 Å². The second-order valence-corrected chi connectivity index (χ2v) is 5.39. The third-order valence-electron chi connectivity index (χ3n) is 1.81. The number of thiophene rings is 1. The summed E-state index contributed by atoms with van der Waals surface area (Å²) in [6, 6.07) is 2.04. The Bertz CT molecular complexity index is 480. The highest BCUT2D eigenvalue weighted by Gasteiger charge is 2.04. The first-order chi connectivity index (χ1) is 7.27. The van der Waals surface area contributed by atoms with E-state index in [9.17, 15) is 0 Å². The molecule has 2 heterocycles. The summed E-state index contributed by atoms with van der Waals surface area (Å²) in [5.41, 5.74) is 5.44. The van der Waals surface area contributed by atoms with Crippen LogP contribution in [0, 0.1) is 0 Å². The SMILES string of the molecule is NC(=S)CCSc1ncnc2sccc12. The molecule has 0 saturated carbocycles. The van der Waals surface area contributed by atoms with Gasteiger partial charge in [-0.1, -0.05) is 12.2 Å². The van der Waals surface area contributed by atoms with Gasteiger partial charge in [-0.3, -0.25) is 0 Å². The summed E-state index contributed by atoms with van der Waals surface area (Å²) in [5.74, 6) is 0.872. The van der Waals surface area contributed by atoms with Gasteiger partial charge in [0.05, 0.1) is 4.99 Å². The lowest BCUT2D eigenvalue weighted by atomic mass is 10.4. The van der Waals surface area contributed by atoms with Crippen LogP contribution in [-0.4, -0.2) is 20.7 Å². The van der Waals surface area contributed by atoms with Crippen molar-refractivity contribution in [1.82, 2.24) is 9.97 Å². The fourth-order valence-corrected chi connectivity index (χ4v) is 3.12. The van der Waals surface area contributed by atoms with E-state index in [0.717, 1.165) is 27.4 Å². The summed E-state index contributed by atoms with van der Waals surface area (Å²) in [5, 5.41) is 4.16. The minimum Gasteiger partial charge on any atom is -0.393 e. The minimum atomic E-state index is 0.554. The molecule has 0 aliphatic carbocycles. The second-order valence-electron chi connectivity index (χ2n) is 2.88. The second kappa shape index (κ2) is 4.87. The first-order valence-corrected chi connectivity index (χ1v) is 6.64. The van der Waals surface area contributed by atoms with E-state index in [2.05, 4.69) is 9.97 Å². The maximum absolute atomic E-state index is 5.44. The van der Waals surface area contributed by atoms with E-state index in [-0.39, 0.29) is 0 Å². The highest BCUT2D eigenvalue weighted by molar-refractivity contribution is 7.99. The van der Waals surface area contributed by atoms with Gasteiger partial charge >= 0.3 is 0 Å². The fraction of sp³-hybridized carbons (Fsp3) is 0.222. The van der Waals surface area contributed by atoms with Crippen molar-refractivity contribution in [2.75, 3.05) is 5.75 Å². The standard InChI is InChI=1S/C9H9N3S3/c10-7(13)2-4-15-9-6-1-3-14-8(6)11-5-12-9/h1,3,5H,2,4H2,(H2,10,13). The molecule has 2 aromatic heterocycles. The molecule has 0 spiro atoms. The van der Waals surface area contributed by atoms with E-state index in [0.29, 0.717) is 4.99 Å². The molecule has 0 radical (unpaired) electrons. The Morgan fingerprint density at radius 3 is 3.20 bits per heavy atom. The molecule has 2 aromatic rings. The molecule has 0 aromatic carbocycles. The van der Waals surface area contributed by atoms with Crippen LogP contribution in [0.15, 0.2) is 22.8 Å². The lowest BCUT2D eigenvalue weighted by molar-refractivity contribution is 1.11. The van der Waals surface area contributed by atoms with E-state index in [1.165, 1.54) is 0 Å². The Morgan fingerprint density at radius 2 is 2.40 bits per heavy atom. The molecular weight excluding hydrogens is 246 g/mol. The molecule has 0 fully saturated rings. The molecule has 0 atom stereocenters. The van der Waals surface area contributed by atoms with E-state index in [1.807, 2.05) is 11.4 Å². The van der Waals surface area contributed by atoms with Crippen LogP contribution >= 0.6 is 35.3 Å². The summed E-state index contributed by atoms with van der Waals surface area (Å²) in [6.07, 6.45) is 2.34. The Balaban J connectivity index is 2.13. The molecule has 0 aliphatic rings. The number of thiocarbonyl (C=S) groups is 1. The van der Waals surface area contributed by atoms with Crippen LogP contribution < -0.4 is 5.73 Å². The number of thioether (sulfide) groups is 1. The number of aromatic nitrogens is 2. The molecule has 3 nitrogen and oxygen atoms in total. The zero-order valence-electron chi connectivity index (χ0n) is 7.84. The smallest absolute Gasteiger partial charge is 0.127 e. The Kier molecular flexibility index (Phi) is 3.50. The van der Waals surface area contributed by atoms with Crippen molar-refractivity contribution >= 4 is 50.5 Å². The first-order valence-electron chi connectivity index (χ1n) is 4.36. The number of hydrogen-bond acceptors (Lipinski definition) is 5. The van der Waals surface area contributed by atoms with Crippen LogP contribution in [0.3, 0.4) is 0 Å². The molecule has 0 saturated heterocycles. The molecule has 0 unspecified atom stereocenters. The van der Waals surface area contributed by atoms with E-state index < -0.39 is 0 Å². The number of fused-ring (bicyclic) bond motifs is 1. The van der Waals surface area contributed by atoms with Crippen molar-refractivity contribution in [2.45, 2.75) is 11.4 Å². The third-order valence-corrected chi connectivity index (χ3v) is 3.84. The molecule has 2 N–H and O–H groups in total. The van der Waals surface area contributed by atoms with Crippen molar-refractivity contribution in [2.24, 2.45) is 5.73 Å². The van der Waals surface area contributed by atoms with Crippen molar-refractivity contribution in [1.29, 1.82) is 0 Å². The summed E-state index contributed by atoms with van der Waals surface area (Å²) in [7, 11) is 0. The third kappa shape index (κ3) is 2.64. The molecule has 78 valence electrons. The van der Waals surface area contributed by atoms with Gasteiger partial charge in [0.1, 0.15) is 16.2 Å². The fourth-order valence-electron chi connectivity index (χ4n) is 1.13. The predicted octanol–water partition coefficient (Wildman–Crippen LogP) is 2.46. The minimum absolute atomic E-state index is 0.554. The van der Waals surface area contributed by atoms with Gasteiger partial charge in [0, 0.05) is 17.6 Å². The van der Waals surface area contributed by atoms with Gasteiger partial charge in [-0.2, -0.15) is 0 Å². The number of hydrogen-bond donors (Lipinski definition) is 1. The van der Waals surface area contributed by atoms with Crippen molar-refractivity contribution in [3.63, 3.8) is 0 Å². The van der Waals surface area contributed by atoms with Crippen molar-refractivity contribution in [3.8, 4) is 0 Å². The van der Waals surface area contributed by atoms with Crippen LogP contribution in [-0.2, 0) is 0 Å². The quantitative estimate of drug-likeness (QED) is 0.517. The van der Waals surface area contributed by atoms with Gasteiger partial charge in [-0.05, 0) is 11.4 Å². The Morgan fingerprint density at radius 1 is 1.53 bits per heavy atom. The molecule has 0 aliphatic heterocycles. The monoisotopic (exact) mass is 255 g/mol. The Labute approximate surface area is 101 Å². The predicted molar refractivity (Wildman–Crippen MR) is 69.5 cm³/mol. The summed E-state index contributed by atoms with van der Waals surface area (Å²) >= 11 is 8.12. The first kappa shape index (κ1) is 10.8. The largest absolute Gasteiger partial charge is 0.393 e. The maximum Gasteiger partial charge on any atom is 0.127 e. The topological polar surface area (TPSA) is 51.8 Å². The van der Waals surface area contributed by atoms with Crippen molar-refractivity contribution < 1.29 is 0 Å². The van der Waals surface area contributed by atoms with Gasteiger partial charge in [0.15, 0.2) is 0 Å².